The number of hydrogen-bond donors (Lipinski definition) is 1. The Morgan fingerprint density at radius 3 is 2.88 bits per heavy atom. The lowest BCUT2D eigenvalue weighted by atomic mass is 9.81. The molecule has 2 heterocycles. The Morgan fingerprint density at radius 2 is 2.12 bits per heavy atom. The molecule has 0 aromatic heterocycles. The number of rotatable bonds is 7. The minimum atomic E-state index is -0.202. The quantitative estimate of drug-likeness (QED) is 0.760. The predicted octanol–water partition coefficient (Wildman–Crippen LogP) is 1.67. The number of likely N-dealkylation sites (tertiary alicyclic amines) is 1. The molecule has 2 saturated heterocycles. The number of benzene rings is 1. The number of methoxy groups -OCH3 is 1. The van der Waals surface area contributed by atoms with Gasteiger partial charge in [0, 0.05) is 39.7 Å². The van der Waals surface area contributed by atoms with Gasteiger partial charge in [0.25, 0.3) is 0 Å². The first-order chi connectivity index (χ1) is 12.2. The van der Waals surface area contributed by atoms with Gasteiger partial charge in [0.1, 0.15) is 5.82 Å². The fourth-order valence-electron chi connectivity index (χ4n) is 3.98. The monoisotopic (exact) mass is 350 g/mol. The molecule has 3 rings (SSSR count). The van der Waals surface area contributed by atoms with Crippen LogP contribution in [0.5, 0.6) is 0 Å². The zero-order chi connectivity index (χ0) is 17.6. The summed E-state index contributed by atoms with van der Waals surface area (Å²) in [7, 11) is 1.62. The summed E-state index contributed by atoms with van der Waals surface area (Å²) >= 11 is 0. The lowest BCUT2D eigenvalue weighted by Gasteiger charge is -2.32. The fraction of sp³-hybridized carbons (Fsp3) is 0.632. The van der Waals surface area contributed by atoms with Crippen LogP contribution in [0.4, 0.5) is 4.39 Å². The van der Waals surface area contributed by atoms with Gasteiger partial charge in [-0.05, 0) is 35.4 Å². The van der Waals surface area contributed by atoms with Crippen LogP contribution >= 0.6 is 0 Å². The zero-order valence-corrected chi connectivity index (χ0v) is 14.7. The molecule has 0 aliphatic carbocycles. The molecular formula is C19H27FN2O3. The molecule has 0 saturated carbocycles. The summed E-state index contributed by atoms with van der Waals surface area (Å²) in [5.41, 5.74) is 1.12. The van der Waals surface area contributed by atoms with E-state index in [2.05, 4.69) is 10.2 Å². The third-order valence-electron chi connectivity index (χ3n) is 5.23. The number of carbonyl (C=O) groups is 1. The number of nitrogens with one attached hydrogen (secondary N) is 1. The first-order valence-corrected chi connectivity index (χ1v) is 8.96. The van der Waals surface area contributed by atoms with Crippen molar-refractivity contribution in [1.82, 2.24) is 10.2 Å². The van der Waals surface area contributed by atoms with Crippen molar-refractivity contribution in [2.24, 2.45) is 17.8 Å². The van der Waals surface area contributed by atoms with Gasteiger partial charge >= 0.3 is 0 Å². The molecule has 25 heavy (non-hydrogen) atoms. The van der Waals surface area contributed by atoms with E-state index < -0.39 is 0 Å². The molecule has 1 aromatic carbocycles. The molecule has 3 atom stereocenters. The first kappa shape index (κ1) is 18.3. The van der Waals surface area contributed by atoms with E-state index in [4.69, 9.17) is 9.47 Å². The second kappa shape index (κ2) is 8.74. The van der Waals surface area contributed by atoms with Crippen LogP contribution in [-0.2, 0) is 20.8 Å². The Labute approximate surface area is 148 Å². The van der Waals surface area contributed by atoms with Crippen LogP contribution in [0.25, 0.3) is 0 Å². The number of carbonyl (C=O) groups excluding carboxylic acids is 1. The molecule has 1 aromatic rings. The SMILES string of the molecule is COCCNC(=O)C[C@@H]1COC[C@H]2CN(Cc3ccc(F)cc3)C[C@@H]12. The largest absolute Gasteiger partial charge is 0.383 e. The van der Waals surface area contributed by atoms with Crippen molar-refractivity contribution in [3.63, 3.8) is 0 Å². The maximum Gasteiger partial charge on any atom is 0.220 e. The molecule has 0 radical (unpaired) electrons. The number of halogens is 1. The van der Waals surface area contributed by atoms with Crippen LogP contribution < -0.4 is 5.32 Å². The Kier molecular flexibility index (Phi) is 6.39. The molecule has 0 spiro atoms. The van der Waals surface area contributed by atoms with E-state index in [9.17, 15) is 9.18 Å². The van der Waals surface area contributed by atoms with Crippen LogP contribution in [-0.4, -0.2) is 57.4 Å². The van der Waals surface area contributed by atoms with E-state index in [1.165, 1.54) is 12.1 Å². The van der Waals surface area contributed by atoms with Crippen molar-refractivity contribution in [3.05, 3.63) is 35.6 Å². The minimum absolute atomic E-state index is 0.0725. The van der Waals surface area contributed by atoms with Gasteiger partial charge in [-0.2, -0.15) is 0 Å². The molecule has 2 fully saturated rings. The van der Waals surface area contributed by atoms with Crippen molar-refractivity contribution in [3.8, 4) is 0 Å². The van der Waals surface area contributed by atoms with Crippen molar-refractivity contribution >= 4 is 5.91 Å². The van der Waals surface area contributed by atoms with Crippen molar-refractivity contribution in [2.45, 2.75) is 13.0 Å². The first-order valence-electron chi connectivity index (χ1n) is 8.96. The van der Waals surface area contributed by atoms with Gasteiger partial charge < -0.3 is 14.8 Å². The van der Waals surface area contributed by atoms with Gasteiger partial charge in [-0.15, -0.1) is 0 Å². The second-order valence-corrected chi connectivity index (χ2v) is 7.09. The highest BCUT2D eigenvalue weighted by Crippen LogP contribution is 2.36. The fourth-order valence-corrected chi connectivity index (χ4v) is 3.98. The molecule has 2 aliphatic rings. The molecule has 0 unspecified atom stereocenters. The van der Waals surface area contributed by atoms with Gasteiger partial charge in [0.2, 0.25) is 5.91 Å². The van der Waals surface area contributed by atoms with Crippen LogP contribution in [0.2, 0.25) is 0 Å². The van der Waals surface area contributed by atoms with Gasteiger partial charge in [0.15, 0.2) is 0 Å². The minimum Gasteiger partial charge on any atom is -0.383 e. The molecule has 2 aliphatic heterocycles. The maximum atomic E-state index is 13.0. The normalized spacial score (nSPS) is 26.4. The number of fused-ring (bicyclic) bond motifs is 1. The highest BCUT2D eigenvalue weighted by Gasteiger charge is 2.41. The average molecular weight is 350 g/mol. The highest BCUT2D eigenvalue weighted by molar-refractivity contribution is 5.76. The summed E-state index contributed by atoms with van der Waals surface area (Å²) in [6.07, 6.45) is 0.509. The van der Waals surface area contributed by atoms with E-state index in [1.807, 2.05) is 12.1 Å². The van der Waals surface area contributed by atoms with Crippen molar-refractivity contribution < 1.29 is 18.7 Å². The molecular weight excluding hydrogens is 323 g/mol. The van der Waals surface area contributed by atoms with Gasteiger partial charge in [-0.1, -0.05) is 12.1 Å². The summed E-state index contributed by atoms with van der Waals surface area (Å²) in [6, 6.07) is 6.70. The van der Waals surface area contributed by atoms with Gasteiger partial charge in [-0.3, -0.25) is 9.69 Å². The summed E-state index contributed by atoms with van der Waals surface area (Å²) in [5, 5.41) is 2.90. The smallest absolute Gasteiger partial charge is 0.220 e. The Morgan fingerprint density at radius 1 is 1.32 bits per heavy atom. The molecule has 0 bridgehead atoms. The third-order valence-corrected chi connectivity index (χ3v) is 5.23. The van der Waals surface area contributed by atoms with Crippen molar-refractivity contribution in [1.29, 1.82) is 0 Å². The number of ether oxygens (including phenoxy) is 2. The van der Waals surface area contributed by atoms with Crippen LogP contribution in [0.1, 0.15) is 12.0 Å². The van der Waals surface area contributed by atoms with E-state index in [-0.39, 0.29) is 17.6 Å². The predicted molar refractivity (Wildman–Crippen MR) is 92.5 cm³/mol. The molecule has 1 N–H and O–H groups in total. The van der Waals surface area contributed by atoms with E-state index in [0.717, 1.165) is 31.8 Å². The standard InChI is InChI=1S/C19H27FN2O3/c1-24-7-6-21-19(23)8-15-12-25-13-16-10-22(11-18(15)16)9-14-2-4-17(20)5-3-14/h2-5,15-16,18H,6-13H2,1H3,(H,21,23)/t15-,16-,18+/m1/s1. The topological polar surface area (TPSA) is 50.8 Å². The maximum absolute atomic E-state index is 13.0. The average Bonchev–Trinajstić information content (AvgIpc) is 3.01. The van der Waals surface area contributed by atoms with E-state index in [0.29, 0.717) is 38.0 Å². The summed E-state index contributed by atoms with van der Waals surface area (Å²) < 4.78 is 23.8. The number of amides is 1. The van der Waals surface area contributed by atoms with Crippen molar-refractivity contribution in [2.75, 3.05) is 46.6 Å². The van der Waals surface area contributed by atoms with Gasteiger partial charge in [-0.25, -0.2) is 4.39 Å². The summed E-state index contributed by atoms with van der Waals surface area (Å²) in [4.78, 5) is 14.5. The van der Waals surface area contributed by atoms with Gasteiger partial charge in [0.05, 0.1) is 19.8 Å². The molecule has 138 valence electrons. The Balaban J connectivity index is 1.52. The number of hydrogen-bond acceptors (Lipinski definition) is 4. The van der Waals surface area contributed by atoms with E-state index >= 15 is 0 Å². The Bertz CT molecular complexity index is 566. The second-order valence-electron chi connectivity index (χ2n) is 7.09. The third kappa shape index (κ3) is 5.00. The highest BCUT2D eigenvalue weighted by atomic mass is 19.1. The Hall–Kier alpha value is -1.50. The summed E-state index contributed by atoms with van der Waals surface area (Å²) in [5.74, 6) is 1.10. The molecule has 5 nitrogen and oxygen atoms in total. The van der Waals surface area contributed by atoms with Crippen LogP contribution in [0.15, 0.2) is 24.3 Å². The van der Waals surface area contributed by atoms with Crippen LogP contribution in [0, 0.1) is 23.6 Å². The van der Waals surface area contributed by atoms with E-state index in [1.54, 1.807) is 7.11 Å². The lowest BCUT2D eigenvalue weighted by molar-refractivity contribution is -0.124. The number of nitrogens with zero attached hydrogens (tertiary/aromatic N) is 1. The molecule has 1 amide bonds. The zero-order valence-electron chi connectivity index (χ0n) is 14.7. The lowest BCUT2D eigenvalue weighted by Crippen LogP contribution is -2.38. The summed E-state index contributed by atoms with van der Waals surface area (Å²) in [6.45, 7) is 5.28. The molecule has 6 heteroatoms. The van der Waals surface area contributed by atoms with Crippen LogP contribution in [0.3, 0.4) is 0 Å².